The molecular weight excluding hydrogens is 458 g/mol. The second-order valence-electron chi connectivity index (χ2n) is 8.70. The van der Waals surface area contributed by atoms with Gasteiger partial charge in [0.1, 0.15) is 5.69 Å². The summed E-state index contributed by atoms with van der Waals surface area (Å²) in [6.45, 7) is 7.64. The number of halogens is 1. The lowest BCUT2D eigenvalue weighted by Crippen LogP contribution is -2.43. The Morgan fingerprint density at radius 1 is 1.28 bits per heavy atom. The maximum atomic E-state index is 13.5. The lowest BCUT2D eigenvalue weighted by molar-refractivity contribution is -0.128. The third-order valence-corrected chi connectivity index (χ3v) is 7.20. The van der Waals surface area contributed by atoms with Crippen molar-refractivity contribution in [1.82, 2.24) is 23.9 Å². The third kappa shape index (κ3) is 4.30. The van der Waals surface area contributed by atoms with E-state index < -0.39 is 27.9 Å². The van der Waals surface area contributed by atoms with Crippen LogP contribution in [0.5, 0.6) is 0 Å². The Hall–Kier alpha value is -1.95. The van der Waals surface area contributed by atoms with Crippen LogP contribution in [0.1, 0.15) is 30.0 Å². The molecule has 3 aliphatic rings. The molecule has 0 bridgehead atoms. The minimum absolute atomic E-state index is 0. The van der Waals surface area contributed by atoms with Crippen LogP contribution in [-0.2, 0) is 33.1 Å². The van der Waals surface area contributed by atoms with Crippen LogP contribution in [0, 0.1) is 11.8 Å². The highest BCUT2D eigenvalue weighted by atomic mass is 35.5. The van der Waals surface area contributed by atoms with Gasteiger partial charge in [0.05, 0.1) is 42.8 Å². The average molecular weight is 488 g/mol. The van der Waals surface area contributed by atoms with Gasteiger partial charge in [-0.1, -0.05) is 13.8 Å². The molecule has 0 spiro atoms. The lowest BCUT2D eigenvalue weighted by atomic mass is 9.89. The van der Waals surface area contributed by atoms with Crippen molar-refractivity contribution in [3.63, 3.8) is 0 Å². The minimum atomic E-state index is -3.76. The Morgan fingerprint density at radius 3 is 2.53 bits per heavy atom. The number of sulfonamides is 1. The van der Waals surface area contributed by atoms with Crippen molar-refractivity contribution < 1.29 is 22.7 Å². The van der Waals surface area contributed by atoms with E-state index in [1.54, 1.807) is 28.8 Å². The highest BCUT2D eigenvalue weighted by Gasteiger charge is 2.55. The SMILES string of the molecule is CC(C)[C@H]1C(=O)N(S(C)(=O)=O)C2=CCN(C(=O)c3cc(CN4CCOCC4)nn3C)[C@@H]21.Cl. The Bertz CT molecular complexity index is 1030. The van der Waals surface area contributed by atoms with Gasteiger partial charge in [-0.25, -0.2) is 12.7 Å². The predicted molar refractivity (Wildman–Crippen MR) is 119 cm³/mol. The molecular formula is C20H30ClN5O5S. The molecule has 1 aromatic heterocycles. The van der Waals surface area contributed by atoms with E-state index in [-0.39, 0.29) is 30.8 Å². The van der Waals surface area contributed by atoms with E-state index in [1.807, 2.05) is 13.8 Å². The molecule has 0 radical (unpaired) electrons. The number of morpholine rings is 1. The molecule has 3 aliphatic heterocycles. The largest absolute Gasteiger partial charge is 0.379 e. The molecule has 0 unspecified atom stereocenters. The minimum Gasteiger partial charge on any atom is -0.379 e. The molecule has 1 aromatic rings. The summed E-state index contributed by atoms with van der Waals surface area (Å²) in [6.07, 6.45) is 2.70. The highest BCUT2D eigenvalue weighted by molar-refractivity contribution is 7.89. The lowest BCUT2D eigenvalue weighted by Gasteiger charge is -2.28. The first kappa shape index (κ1) is 24.7. The van der Waals surface area contributed by atoms with Crippen molar-refractivity contribution >= 4 is 34.2 Å². The average Bonchev–Trinajstić information content (AvgIpc) is 3.33. The number of fused-ring (bicyclic) bond motifs is 1. The zero-order valence-electron chi connectivity index (χ0n) is 18.7. The summed E-state index contributed by atoms with van der Waals surface area (Å²) < 4.78 is 32.4. The highest BCUT2D eigenvalue weighted by Crippen LogP contribution is 2.41. The van der Waals surface area contributed by atoms with Gasteiger partial charge in [0.25, 0.3) is 5.91 Å². The summed E-state index contributed by atoms with van der Waals surface area (Å²) in [5.41, 5.74) is 1.60. The number of hydrogen-bond acceptors (Lipinski definition) is 7. The molecule has 4 rings (SSSR count). The summed E-state index contributed by atoms with van der Waals surface area (Å²) in [5.74, 6) is -1.45. The molecule has 0 aliphatic carbocycles. The Kier molecular flexibility index (Phi) is 7.04. The van der Waals surface area contributed by atoms with Crippen molar-refractivity contribution in [2.45, 2.75) is 26.4 Å². The first-order valence-electron chi connectivity index (χ1n) is 10.5. The normalized spacial score (nSPS) is 24.0. The number of rotatable bonds is 5. The molecule has 178 valence electrons. The third-order valence-electron chi connectivity index (χ3n) is 6.15. The summed E-state index contributed by atoms with van der Waals surface area (Å²) in [5, 5.41) is 4.50. The summed E-state index contributed by atoms with van der Waals surface area (Å²) in [4.78, 5) is 30.2. The molecule has 0 N–H and O–H groups in total. The van der Waals surface area contributed by atoms with Crippen LogP contribution in [-0.4, -0.2) is 89.3 Å². The Labute approximate surface area is 194 Å². The van der Waals surface area contributed by atoms with E-state index in [1.165, 1.54) is 0 Å². The Morgan fingerprint density at radius 2 is 1.94 bits per heavy atom. The monoisotopic (exact) mass is 487 g/mol. The zero-order chi connectivity index (χ0) is 22.5. The van der Waals surface area contributed by atoms with Gasteiger partial charge in [-0.05, 0) is 18.1 Å². The van der Waals surface area contributed by atoms with Crippen molar-refractivity contribution in [2.75, 3.05) is 39.1 Å². The van der Waals surface area contributed by atoms with Gasteiger partial charge in [0.2, 0.25) is 15.9 Å². The van der Waals surface area contributed by atoms with E-state index in [2.05, 4.69) is 10.00 Å². The molecule has 0 saturated carbocycles. The number of aromatic nitrogens is 2. The van der Waals surface area contributed by atoms with Gasteiger partial charge >= 0.3 is 0 Å². The smallest absolute Gasteiger partial charge is 0.272 e. The molecule has 4 heterocycles. The van der Waals surface area contributed by atoms with Crippen LogP contribution in [0.3, 0.4) is 0 Å². The fourth-order valence-corrected chi connectivity index (χ4v) is 5.73. The van der Waals surface area contributed by atoms with Gasteiger partial charge in [0, 0.05) is 33.2 Å². The molecule has 2 saturated heterocycles. The van der Waals surface area contributed by atoms with Crippen LogP contribution in [0.25, 0.3) is 0 Å². The van der Waals surface area contributed by atoms with Crippen molar-refractivity contribution in [2.24, 2.45) is 18.9 Å². The summed E-state index contributed by atoms with van der Waals surface area (Å²) >= 11 is 0. The molecule has 2 amide bonds. The van der Waals surface area contributed by atoms with Crippen LogP contribution in [0.2, 0.25) is 0 Å². The molecule has 10 nitrogen and oxygen atoms in total. The number of amides is 2. The first-order valence-corrected chi connectivity index (χ1v) is 12.3. The fraction of sp³-hybridized carbons (Fsp3) is 0.650. The van der Waals surface area contributed by atoms with E-state index in [0.717, 1.165) is 29.3 Å². The van der Waals surface area contributed by atoms with Gasteiger partial charge in [0.15, 0.2) is 0 Å². The van der Waals surface area contributed by atoms with E-state index >= 15 is 0 Å². The number of hydrogen-bond donors (Lipinski definition) is 0. The molecule has 12 heteroatoms. The number of ether oxygens (including phenoxy) is 1. The molecule has 2 atom stereocenters. The van der Waals surface area contributed by atoms with Crippen molar-refractivity contribution in [3.8, 4) is 0 Å². The first-order chi connectivity index (χ1) is 14.6. The molecule has 0 aromatic carbocycles. The second kappa shape index (κ2) is 9.12. The van der Waals surface area contributed by atoms with E-state index in [9.17, 15) is 18.0 Å². The quantitative estimate of drug-likeness (QED) is 0.594. The molecule has 2 fully saturated rings. The van der Waals surface area contributed by atoms with Crippen LogP contribution < -0.4 is 0 Å². The van der Waals surface area contributed by atoms with Crippen LogP contribution >= 0.6 is 12.4 Å². The van der Waals surface area contributed by atoms with Crippen molar-refractivity contribution in [3.05, 3.63) is 29.2 Å². The number of carbonyl (C=O) groups excluding carboxylic acids is 2. The number of carbonyl (C=O) groups is 2. The van der Waals surface area contributed by atoms with Gasteiger partial charge in [-0.15, -0.1) is 12.4 Å². The van der Waals surface area contributed by atoms with E-state index in [0.29, 0.717) is 31.1 Å². The summed E-state index contributed by atoms with van der Waals surface area (Å²) in [7, 11) is -2.04. The number of aryl methyl sites for hydroxylation is 1. The van der Waals surface area contributed by atoms with Crippen LogP contribution in [0.4, 0.5) is 0 Å². The van der Waals surface area contributed by atoms with E-state index in [4.69, 9.17) is 4.74 Å². The zero-order valence-corrected chi connectivity index (χ0v) is 20.4. The van der Waals surface area contributed by atoms with Crippen LogP contribution in [0.15, 0.2) is 17.8 Å². The van der Waals surface area contributed by atoms with Gasteiger partial charge < -0.3 is 9.64 Å². The summed E-state index contributed by atoms with van der Waals surface area (Å²) in [6, 6.07) is 1.19. The fourth-order valence-electron chi connectivity index (χ4n) is 4.72. The number of nitrogens with zero attached hydrogens (tertiary/aromatic N) is 5. The van der Waals surface area contributed by atoms with Gasteiger partial charge in [-0.3, -0.25) is 19.2 Å². The standard InChI is InChI=1S/C20H29N5O5S.ClH/c1-13(2)17-18-15(25(20(17)27)31(4,28)29)5-6-24(18)19(26)16-11-14(21-22(16)3)12-23-7-9-30-10-8-23;/h5,11,13,17-18H,6-10,12H2,1-4H3;1H/t17-,18+;/m1./s1. The van der Waals surface area contributed by atoms with Gasteiger partial charge in [-0.2, -0.15) is 5.10 Å². The van der Waals surface area contributed by atoms with Crippen molar-refractivity contribution in [1.29, 1.82) is 0 Å². The maximum Gasteiger partial charge on any atom is 0.272 e. The second-order valence-corrected chi connectivity index (χ2v) is 10.5. The predicted octanol–water partition coefficient (Wildman–Crippen LogP) is 0.456. The Balaban J connectivity index is 0.00000289. The topological polar surface area (TPSA) is 105 Å². The molecule has 32 heavy (non-hydrogen) atoms. The maximum absolute atomic E-state index is 13.5.